The monoisotopic (exact) mass is 392 g/mol. The van der Waals surface area contributed by atoms with Crippen molar-refractivity contribution < 1.29 is 14.7 Å². The summed E-state index contributed by atoms with van der Waals surface area (Å²) in [5.74, 6) is -1.42. The number of nitrogens with one attached hydrogen (secondary N) is 1. The van der Waals surface area contributed by atoms with Gasteiger partial charge in [0.2, 0.25) is 5.91 Å². The molecule has 0 aliphatic rings. The molecule has 3 rings (SSSR count). The highest BCUT2D eigenvalue weighted by molar-refractivity contribution is 6.08. The Balaban J connectivity index is 1.84. The fourth-order valence-electron chi connectivity index (χ4n) is 3.01. The van der Waals surface area contributed by atoms with Crippen molar-refractivity contribution in [1.29, 1.82) is 0 Å². The van der Waals surface area contributed by atoms with Gasteiger partial charge in [-0.3, -0.25) is 14.4 Å². The maximum Gasteiger partial charge on any atom is 0.293 e. The Bertz CT molecular complexity index is 1190. The third kappa shape index (κ3) is 4.01. The van der Waals surface area contributed by atoms with E-state index in [1.54, 1.807) is 48.5 Å². The number of aromatic hydroxyl groups is 1. The molecule has 0 unspecified atom stereocenters. The van der Waals surface area contributed by atoms with E-state index < -0.39 is 17.2 Å². The number of aliphatic imine (C=N–C) groups is 1. The number of carbonyl (C=O) groups is 2. The second-order valence-corrected chi connectivity index (χ2v) is 6.50. The zero-order valence-corrected chi connectivity index (χ0v) is 16.0. The van der Waals surface area contributed by atoms with Crippen LogP contribution < -0.4 is 16.6 Å². The molecule has 0 saturated carbocycles. The third-order valence-electron chi connectivity index (χ3n) is 4.49. The smallest absolute Gasteiger partial charge is 0.293 e. The Morgan fingerprint density at radius 2 is 1.79 bits per heavy atom. The lowest BCUT2D eigenvalue weighted by atomic mass is 10.1. The van der Waals surface area contributed by atoms with Crippen LogP contribution in [0.15, 0.2) is 58.3 Å². The number of nitrogens with two attached hydrogens (primary N) is 1. The molecule has 0 aliphatic carbocycles. The van der Waals surface area contributed by atoms with Gasteiger partial charge in [-0.1, -0.05) is 42.5 Å². The zero-order valence-electron chi connectivity index (χ0n) is 16.0. The zero-order chi connectivity index (χ0) is 21.1. The van der Waals surface area contributed by atoms with Gasteiger partial charge in [-0.05, 0) is 11.6 Å². The van der Waals surface area contributed by atoms with Crippen molar-refractivity contribution in [1.82, 2.24) is 9.88 Å². The number of benzene rings is 2. The fraction of sp³-hybridized carbons (Fsp3) is 0.143. The molecule has 0 atom stereocenters. The van der Waals surface area contributed by atoms with Crippen LogP contribution in [0.1, 0.15) is 28.4 Å². The molecule has 0 fully saturated rings. The number of amidine groups is 1. The lowest BCUT2D eigenvalue weighted by Gasteiger charge is -2.12. The number of rotatable bonds is 4. The van der Waals surface area contributed by atoms with E-state index >= 15 is 0 Å². The van der Waals surface area contributed by atoms with E-state index in [0.29, 0.717) is 16.5 Å². The minimum atomic E-state index is -0.640. The van der Waals surface area contributed by atoms with Crippen molar-refractivity contribution in [2.45, 2.75) is 13.5 Å². The molecule has 148 valence electrons. The number of aromatic nitrogens is 1. The van der Waals surface area contributed by atoms with Gasteiger partial charge in [-0.25, -0.2) is 0 Å². The van der Waals surface area contributed by atoms with Gasteiger partial charge >= 0.3 is 0 Å². The van der Waals surface area contributed by atoms with E-state index in [1.165, 1.54) is 18.5 Å². The summed E-state index contributed by atoms with van der Waals surface area (Å²) in [7, 11) is 1.54. The van der Waals surface area contributed by atoms with Gasteiger partial charge in [0.05, 0.1) is 11.1 Å². The Kier molecular flexibility index (Phi) is 5.45. The molecule has 0 radical (unpaired) electrons. The van der Waals surface area contributed by atoms with Crippen molar-refractivity contribution in [2.24, 2.45) is 17.8 Å². The van der Waals surface area contributed by atoms with Crippen LogP contribution in [0, 0.1) is 0 Å². The van der Waals surface area contributed by atoms with Crippen LogP contribution in [-0.2, 0) is 18.4 Å². The topological polar surface area (TPSA) is 127 Å². The number of fused-ring (bicyclic) bond motifs is 1. The molecule has 8 heteroatoms. The average Bonchev–Trinajstić information content (AvgIpc) is 2.70. The van der Waals surface area contributed by atoms with Gasteiger partial charge in [0.15, 0.2) is 5.75 Å². The average molecular weight is 392 g/mol. The van der Waals surface area contributed by atoms with Gasteiger partial charge in [0, 0.05) is 31.5 Å². The van der Waals surface area contributed by atoms with Crippen LogP contribution in [0.3, 0.4) is 0 Å². The van der Waals surface area contributed by atoms with E-state index in [2.05, 4.69) is 10.3 Å². The molecule has 0 saturated heterocycles. The summed E-state index contributed by atoms with van der Waals surface area (Å²) in [6.07, 6.45) is 0. The quantitative estimate of drug-likeness (QED) is 0.457. The van der Waals surface area contributed by atoms with Gasteiger partial charge in [0.1, 0.15) is 5.84 Å². The standard InChI is InChI=1S/C21H20N4O4/c1-12(26)24-19(22)14-9-7-13(8-10-14)11-23-20(28)17-15-5-3-4-6-16(15)25(2)21(29)18(17)27/h3-10,27H,11H2,1-2H3,(H,23,28)(H2,22,24,26). The summed E-state index contributed by atoms with van der Waals surface area (Å²) in [5, 5.41) is 13.5. The maximum absolute atomic E-state index is 12.7. The lowest BCUT2D eigenvalue weighted by Crippen LogP contribution is -2.27. The summed E-state index contributed by atoms with van der Waals surface area (Å²) >= 11 is 0. The normalized spacial score (nSPS) is 11.4. The van der Waals surface area contributed by atoms with Gasteiger partial charge in [0.25, 0.3) is 11.5 Å². The molecule has 1 heterocycles. The molecular weight excluding hydrogens is 372 g/mol. The van der Waals surface area contributed by atoms with E-state index in [1.807, 2.05) is 0 Å². The van der Waals surface area contributed by atoms with E-state index in [0.717, 1.165) is 5.56 Å². The molecule has 1 aromatic heterocycles. The Hall–Kier alpha value is -3.94. The van der Waals surface area contributed by atoms with Crippen LogP contribution in [-0.4, -0.2) is 27.3 Å². The minimum absolute atomic E-state index is 0.0573. The molecule has 0 bridgehead atoms. The SMILES string of the molecule is CC(=O)N=C(N)c1ccc(CNC(=O)c2c(O)c(=O)n(C)c3ccccc23)cc1. The molecule has 29 heavy (non-hydrogen) atoms. The summed E-state index contributed by atoms with van der Waals surface area (Å²) < 4.78 is 1.30. The Morgan fingerprint density at radius 1 is 1.14 bits per heavy atom. The van der Waals surface area contributed by atoms with E-state index in [4.69, 9.17) is 5.73 Å². The Morgan fingerprint density at radius 3 is 2.45 bits per heavy atom. The molecule has 2 aromatic carbocycles. The Labute approximate surface area is 166 Å². The molecule has 4 N–H and O–H groups in total. The number of aryl methyl sites for hydroxylation is 1. The van der Waals surface area contributed by atoms with Crippen LogP contribution in [0.25, 0.3) is 10.9 Å². The number of pyridine rings is 1. The number of hydrogen-bond acceptors (Lipinski definition) is 4. The number of para-hydroxylation sites is 1. The van der Waals surface area contributed by atoms with Gasteiger partial charge in [-0.2, -0.15) is 4.99 Å². The molecule has 3 aromatic rings. The van der Waals surface area contributed by atoms with Crippen molar-refractivity contribution in [2.75, 3.05) is 0 Å². The van der Waals surface area contributed by atoms with Crippen molar-refractivity contribution in [3.63, 3.8) is 0 Å². The number of carbonyl (C=O) groups excluding carboxylic acids is 2. The highest BCUT2D eigenvalue weighted by atomic mass is 16.3. The highest BCUT2D eigenvalue weighted by Gasteiger charge is 2.20. The lowest BCUT2D eigenvalue weighted by molar-refractivity contribution is -0.115. The first kappa shape index (κ1) is 19.8. The second kappa shape index (κ2) is 7.97. The van der Waals surface area contributed by atoms with Crippen molar-refractivity contribution in [3.05, 3.63) is 75.6 Å². The largest absolute Gasteiger partial charge is 0.502 e. The molecule has 0 spiro atoms. The molecule has 0 aliphatic heterocycles. The summed E-state index contributed by atoms with van der Waals surface area (Å²) in [4.78, 5) is 39.6. The van der Waals surface area contributed by atoms with Crippen molar-refractivity contribution in [3.8, 4) is 5.75 Å². The van der Waals surface area contributed by atoms with Crippen molar-refractivity contribution >= 4 is 28.6 Å². The van der Waals surface area contributed by atoms with Crippen LogP contribution in [0.4, 0.5) is 0 Å². The van der Waals surface area contributed by atoms with Crippen LogP contribution in [0.5, 0.6) is 5.75 Å². The summed E-state index contributed by atoms with van der Waals surface area (Å²) in [6.45, 7) is 1.48. The predicted molar refractivity (Wildman–Crippen MR) is 110 cm³/mol. The third-order valence-corrected chi connectivity index (χ3v) is 4.49. The van der Waals surface area contributed by atoms with Crippen LogP contribution in [0.2, 0.25) is 0 Å². The maximum atomic E-state index is 12.7. The van der Waals surface area contributed by atoms with Crippen LogP contribution >= 0.6 is 0 Å². The number of amides is 2. The number of hydrogen-bond donors (Lipinski definition) is 3. The first-order valence-electron chi connectivity index (χ1n) is 8.82. The minimum Gasteiger partial charge on any atom is -0.502 e. The van der Waals surface area contributed by atoms with E-state index in [9.17, 15) is 19.5 Å². The fourth-order valence-corrected chi connectivity index (χ4v) is 3.01. The molecular formula is C21H20N4O4. The molecule has 8 nitrogen and oxygen atoms in total. The first-order valence-corrected chi connectivity index (χ1v) is 8.82. The first-order chi connectivity index (χ1) is 13.8. The molecule has 2 amide bonds. The van der Waals surface area contributed by atoms with Gasteiger partial charge < -0.3 is 20.7 Å². The summed E-state index contributed by atoms with van der Waals surface area (Å²) in [5.41, 5.74) is 6.95. The van der Waals surface area contributed by atoms with E-state index in [-0.39, 0.29) is 23.9 Å². The summed E-state index contributed by atoms with van der Waals surface area (Å²) in [6, 6.07) is 13.7. The highest BCUT2D eigenvalue weighted by Crippen LogP contribution is 2.23. The van der Waals surface area contributed by atoms with Gasteiger partial charge in [-0.15, -0.1) is 0 Å². The number of nitrogens with zero attached hydrogens (tertiary/aromatic N) is 2. The second-order valence-electron chi connectivity index (χ2n) is 6.50. The predicted octanol–water partition coefficient (Wildman–Crippen LogP) is 1.43.